The van der Waals surface area contributed by atoms with Gasteiger partial charge in [-0.15, -0.1) is 0 Å². The molecule has 108 valence electrons. The topological polar surface area (TPSA) is 52.9 Å². The van der Waals surface area contributed by atoms with E-state index in [1.54, 1.807) is 25.2 Å². The Kier molecular flexibility index (Phi) is 4.60. The van der Waals surface area contributed by atoms with Gasteiger partial charge in [0.2, 0.25) is 5.91 Å². The highest BCUT2D eigenvalue weighted by Gasteiger charge is 2.17. The maximum atomic E-state index is 11.6. The SMILES string of the molecule is CC(=O)N(C)c1ccc(Cl)cc1/C(=N/O)c1ccccc1. The van der Waals surface area contributed by atoms with Crippen LogP contribution in [0.15, 0.2) is 53.7 Å². The lowest BCUT2D eigenvalue weighted by molar-refractivity contribution is -0.116. The molecule has 0 saturated heterocycles. The maximum absolute atomic E-state index is 11.6. The highest BCUT2D eigenvalue weighted by molar-refractivity contribution is 6.31. The van der Waals surface area contributed by atoms with Crippen LogP contribution in [-0.2, 0) is 4.79 Å². The van der Waals surface area contributed by atoms with Gasteiger partial charge >= 0.3 is 0 Å². The zero-order chi connectivity index (χ0) is 15.4. The van der Waals surface area contributed by atoms with Crippen LogP contribution in [-0.4, -0.2) is 23.9 Å². The van der Waals surface area contributed by atoms with Gasteiger partial charge in [0.1, 0.15) is 5.71 Å². The summed E-state index contributed by atoms with van der Waals surface area (Å²) >= 11 is 6.05. The molecule has 0 unspecified atom stereocenters. The van der Waals surface area contributed by atoms with Crippen LogP contribution in [0.25, 0.3) is 0 Å². The van der Waals surface area contributed by atoms with Crippen molar-refractivity contribution in [3.8, 4) is 0 Å². The average molecular weight is 303 g/mol. The second kappa shape index (κ2) is 6.41. The zero-order valence-corrected chi connectivity index (χ0v) is 12.5. The van der Waals surface area contributed by atoms with Crippen molar-refractivity contribution in [2.75, 3.05) is 11.9 Å². The molecule has 0 aliphatic rings. The molecular formula is C16H15ClN2O2. The minimum absolute atomic E-state index is 0.121. The van der Waals surface area contributed by atoms with E-state index < -0.39 is 0 Å². The summed E-state index contributed by atoms with van der Waals surface area (Å²) in [5, 5.41) is 13.3. The number of benzene rings is 2. The van der Waals surface area contributed by atoms with Gasteiger partial charge in [0.25, 0.3) is 0 Å². The molecule has 21 heavy (non-hydrogen) atoms. The first-order chi connectivity index (χ1) is 10.0. The third kappa shape index (κ3) is 3.23. The average Bonchev–Trinajstić information content (AvgIpc) is 2.48. The quantitative estimate of drug-likeness (QED) is 0.535. The highest BCUT2D eigenvalue weighted by Crippen LogP contribution is 2.26. The summed E-state index contributed by atoms with van der Waals surface area (Å²) in [5.41, 5.74) is 2.32. The number of anilines is 1. The van der Waals surface area contributed by atoms with E-state index in [0.29, 0.717) is 22.0 Å². The summed E-state index contributed by atoms with van der Waals surface area (Å²) in [4.78, 5) is 13.1. The summed E-state index contributed by atoms with van der Waals surface area (Å²) in [6.07, 6.45) is 0. The van der Waals surface area contributed by atoms with Gasteiger partial charge in [-0.2, -0.15) is 0 Å². The molecule has 0 radical (unpaired) electrons. The minimum Gasteiger partial charge on any atom is -0.410 e. The lowest BCUT2D eigenvalue weighted by Crippen LogP contribution is -2.25. The Bertz CT molecular complexity index is 684. The molecule has 1 amide bonds. The highest BCUT2D eigenvalue weighted by atomic mass is 35.5. The Balaban J connectivity index is 2.61. The molecule has 0 saturated carbocycles. The van der Waals surface area contributed by atoms with Crippen LogP contribution in [0.4, 0.5) is 5.69 Å². The van der Waals surface area contributed by atoms with Crippen LogP contribution in [0.3, 0.4) is 0 Å². The molecule has 2 rings (SSSR count). The van der Waals surface area contributed by atoms with E-state index in [1.165, 1.54) is 11.8 Å². The predicted octanol–water partition coefficient (Wildman–Crippen LogP) is 3.55. The van der Waals surface area contributed by atoms with Gasteiger partial charge in [-0.1, -0.05) is 47.1 Å². The Morgan fingerprint density at radius 3 is 2.43 bits per heavy atom. The molecule has 0 bridgehead atoms. The first-order valence-corrected chi connectivity index (χ1v) is 6.74. The first-order valence-electron chi connectivity index (χ1n) is 6.36. The number of oxime groups is 1. The van der Waals surface area contributed by atoms with Crippen molar-refractivity contribution in [1.29, 1.82) is 0 Å². The number of nitrogens with zero attached hydrogens (tertiary/aromatic N) is 2. The van der Waals surface area contributed by atoms with Crippen LogP contribution >= 0.6 is 11.6 Å². The van der Waals surface area contributed by atoms with Crippen molar-refractivity contribution in [2.24, 2.45) is 5.16 Å². The van der Waals surface area contributed by atoms with Crippen LogP contribution in [0.5, 0.6) is 0 Å². The normalized spacial score (nSPS) is 11.3. The Morgan fingerprint density at radius 1 is 1.19 bits per heavy atom. The van der Waals surface area contributed by atoms with E-state index in [2.05, 4.69) is 5.16 Å². The summed E-state index contributed by atoms with van der Waals surface area (Å²) in [5.74, 6) is -0.121. The van der Waals surface area contributed by atoms with Gasteiger partial charge in [-0.3, -0.25) is 4.79 Å². The minimum atomic E-state index is -0.121. The molecule has 5 heteroatoms. The second-order valence-electron chi connectivity index (χ2n) is 4.55. The molecule has 0 aromatic heterocycles. The predicted molar refractivity (Wildman–Crippen MR) is 84.4 cm³/mol. The Morgan fingerprint density at radius 2 is 1.86 bits per heavy atom. The molecule has 0 aliphatic heterocycles. The molecule has 2 aromatic carbocycles. The monoisotopic (exact) mass is 302 g/mol. The number of hydrogen-bond donors (Lipinski definition) is 1. The van der Waals surface area contributed by atoms with Gasteiger partial charge in [0.05, 0.1) is 5.69 Å². The van der Waals surface area contributed by atoms with E-state index in [-0.39, 0.29) is 5.91 Å². The summed E-state index contributed by atoms with van der Waals surface area (Å²) in [6, 6.07) is 14.3. The lowest BCUT2D eigenvalue weighted by Gasteiger charge is -2.20. The fraction of sp³-hybridized carbons (Fsp3) is 0.125. The fourth-order valence-electron chi connectivity index (χ4n) is 2.02. The molecule has 4 nitrogen and oxygen atoms in total. The smallest absolute Gasteiger partial charge is 0.223 e. The standard InChI is InChI=1S/C16H15ClN2O2/c1-11(20)19(2)15-9-8-13(17)10-14(15)16(18-21)12-6-4-3-5-7-12/h3-10,21H,1-2H3/b18-16+. The van der Waals surface area contributed by atoms with Gasteiger partial charge in [-0.05, 0) is 18.2 Å². The van der Waals surface area contributed by atoms with Crippen molar-refractivity contribution < 1.29 is 10.0 Å². The Labute approximate surface area is 128 Å². The third-order valence-corrected chi connectivity index (χ3v) is 3.43. The molecular weight excluding hydrogens is 288 g/mol. The van der Waals surface area contributed by atoms with Crippen molar-refractivity contribution in [2.45, 2.75) is 6.92 Å². The van der Waals surface area contributed by atoms with Crippen molar-refractivity contribution in [3.05, 3.63) is 64.7 Å². The summed E-state index contributed by atoms with van der Waals surface area (Å²) < 4.78 is 0. The largest absolute Gasteiger partial charge is 0.410 e. The molecule has 0 fully saturated rings. The van der Waals surface area contributed by atoms with Crippen molar-refractivity contribution in [1.82, 2.24) is 0 Å². The molecule has 0 spiro atoms. The molecule has 0 heterocycles. The zero-order valence-electron chi connectivity index (χ0n) is 11.7. The number of carbonyl (C=O) groups is 1. The number of carbonyl (C=O) groups excluding carboxylic acids is 1. The number of hydrogen-bond acceptors (Lipinski definition) is 3. The third-order valence-electron chi connectivity index (χ3n) is 3.19. The molecule has 0 aliphatic carbocycles. The molecule has 1 N–H and O–H groups in total. The summed E-state index contributed by atoms with van der Waals surface area (Å²) in [6.45, 7) is 1.47. The lowest BCUT2D eigenvalue weighted by atomic mass is 10.00. The van der Waals surface area contributed by atoms with Crippen molar-refractivity contribution >= 4 is 28.9 Å². The first kappa shape index (κ1) is 15.1. The van der Waals surface area contributed by atoms with Crippen LogP contribution in [0, 0.1) is 0 Å². The van der Waals surface area contributed by atoms with E-state index in [9.17, 15) is 10.0 Å². The van der Waals surface area contributed by atoms with Gasteiger partial charge in [-0.25, -0.2) is 0 Å². The van der Waals surface area contributed by atoms with E-state index in [4.69, 9.17) is 11.6 Å². The van der Waals surface area contributed by atoms with Gasteiger partial charge < -0.3 is 10.1 Å². The fourth-order valence-corrected chi connectivity index (χ4v) is 2.20. The van der Waals surface area contributed by atoms with E-state index >= 15 is 0 Å². The number of rotatable bonds is 3. The van der Waals surface area contributed by atoms with Crippen LogP contribution in [0.2, 0.25) is 5.02 Å². The number of amides is 1. The van der Waals surface area contributed by atoms with Crippen LogP contribution in [0.1, 0.15) is 18.1 Å². The Hall–Kier alpha value is -2.33. The van der Waals surface area contributed by atoms with E-state index in [0.717, 1.165) is 5.56 Å². The van der Waals surface area contributed by atoms with Crippen LogP contribution < -0.4 is 4.90 Å². The van der Waals surface area contributed by atoms with Gasteiger partial charge in [0.15, 0.2) is 0 Å². The van der Waals surface area contributed by atoms with Crippen molar-refractivity contribution in [3.63, 3.8) is 0 Å². The summed E-state index contributed by atoms with van der Waals surface area (Å²) in [7, 11) is 1.66. The van der Waals surface area contributed by atoms with E-state index in [1.807, 2.05) is 30.3 Å². The second-order valence-corrected chi connectivity index (χ2v) is 4.99. The maximum Gasteiger partial charge on any atom is 0.223 e. The number of halogens is 1. The molecule has 2 aromatic rings. The van der Waals surface area contributed by atoms with Gasteiger partial charge in [0, 0.05) is 30.1 Å². The molecule has 0 atom stereocenters.